The monoisotopic (exact) mass is 882 g/mol. The standard InChI is InChI=1S/C57H103NO5/c1-4-7-10-13-16-19-22-25-28-30-33-36-39-42-45-48-53(63-57(62)50-47-44-41-38-35-32-27-24-21-18-15-12-9-6-3)51-56(61)58-54(52-59)55(60)49-46-43-40-37-34-31-29-26-23-20-17-14-11-8-5-2/h9,12,16,18-19,21,25,28,33,36,53-55,59-60H,4-8,10-11,13-15,17,20,22-24,26-27,29-32,34-35,37-52H2,1-3H3,(H,58,61)/b12-9+,19-16-,21-18+,28-25-,36-33-. The van der Waals surface area contributed by atoms with Gasteiger partial charge in [0.2, 0.25) is 5.91 Å². The van der Waals surface area contributed by atoms with Gasteiger partial charge < -0.3 is 20.3 Å². The minimum Gasteiger partial charge on any atom is -0.462 e. The van der Waals surface area contributed by atoms with Gasteiger partial charge in [-0.3, -0.25) is 9.59 Å². The van der Waals surface area contributed by atoms with Gasteiger partial charge in [0.1, 0.15) is 6.10 Å². The number of aliphatic hydroxyl groups is 2. The summed E-state index contributed by atoms with van der Waals surface area (Å²) in [5.41, 5.74) is 0. The maximum atomic E-state index is 13.2. The second-order valence-corrected chi connectivity index (χ2v) is 18.2. The summed E-state index contributed by atoms with van der Waals surface area (Å²) in [6.07, 6.45) is 62.8. The van der Waals surface area contributed by atoms with Crippen molar-refractivity contribution in [2.24, 2.45) is 0 Å². The first-order valence-electron chi connectivity index (χ1n) is 27.0. The summed E-state index contributed by atoms with van der Waals surface area (Å²) in [4.78, 5) is 26.2. The van der Waals surface area contributed by atoms with Crippen molar-refractivity contribution in [3.8, 4) is 0 Å². The summed E-state index contributed by atoms with van der Waals surface area (Å²) in [6, 6.07) is -0.717. The van der Waals surface area contributed by atoms with Crippen molar-refractivity contribution >= 4 is 11.9 Å². The highest BCUT2D eigenvalue weighted by molar-refractivity contribution is 5.77. The summed E-state index contributed by atoms with van der Waals surface area (Å²) in [5, 5.41) is 23.8. The Morgan fingerprint density at radius 2 is 0.857 bits per heavy atom. The Bertz CT molecular complexity index is 1130. The third-order valence-electron chi connectivity index (χ3n) is 12.1. The second-order valence-electron chi connectivity index (χ2n) is 18.2. The summed E-state index contributed by atoms with van der Waals surface area (Å²) in [7, 11) is 0. The van der Waals surface area contributed by atoms with Gasteiger partial charge in [-0.05, 0) is 89.9 Å². The molecule has 366 valence electrons. The molecule has 63 heavy (non-hydrogen) atoms. The molecule has 0 heterocycles. The van der Waals surface area contributed by atoms with Crippen LogP contribution in [0.3, 0.4) is 0 Å². The van der Waals surface area contributed by atoms with E-state index in [9.17, 15) is 19.8 Å². The molecule has 3 N–H and O–H groups in total. The van der Waals surface area contributed by atoms with Gasteiger partial charge in [0.05, 0.1) is 25.2 Å². The molecule has 0 fully saturated rings. The molecule has 0 bridgehead atoms. The van der Waals surface area contributed by atoms with Crippen molar-refractivity contribution in [1.29, 1.82) is 0 Å². The van der Waals surface area contributed by atoms with Gasteiger partial charge in [0.15, 0.2) is 0 Å². The Balaban J connectivity index is 4.63. The Kier molecular flexibility index (Phi) is 48.6. The topological polar surface area (TPSA) is 95.9 Å². The van der Waals surface area contributed by atoms with Gasteiger partial charge in [-0.1, -0.05) is 223 Å². The molecule has 0 aromatic carbocycles. The molecule has 3 unspecified atom stereocenters. The molecule has 0 aromatic heterocycles. The lowest BCUT2D eigenvalue weighted by molar-refractivity contribution is -0.151. The van der Waals surface area contributed by atoms with E-state index in [-0.39, 0.29) is 24.9 Å². The summed E-state index contributed by atoms with van der Waals surface area (Å²) >= 11 is 0. The van der Waals surface area contributed by atoms with Crippen molar-refractivity contribution in [3.63, 3.8) is 0 Å². The average Bonchev–Trinajstić information content (AvgIpc) is 3.28. The molecule has 0 aromatic rings. The smallest absolute Gasteiger partial charge is 0.306 e. The third-order valence-corrected chi connectivity index (χ3v) is 12.1. The van der Waals surface area contributed by atoms with Crippen LogP contribution in [0, 0.1) is 0 Å². The molecule has 0 saturated carbocycles. The molecule has 0 aliphatic carbocycles. The number of aliphatic hydroxyl groups excluding tert-OH is 2. The van der Waals surface area contributed by atoms with E-state index >= 15 is 0 Å². The Morgan fingerprint density at radius 1 is 0.476 bits per heavy atom. The molecule has 1 amide bonds. The average molecular weight is 882 g/mol. The highest BCUT2D eigenvalue weighted by Gasteiger charge is 2.24. The van der Waals surface area contributed by atoms with E-state index < -0.39 is 18.2 Å². The predicted molar refractivity (Wildman–Crippen MR) is 273 cm³/mol. The SMILES string of the molecule is CC/C=C/C/C=C/CCCCCCCCCC(=O)OC(CCCC/C=C\C/C=C\C/C=C\CCCCC)CC(=O)NC(CO)C(O)CCCCCCCCCCCCCCCCC. The molecular formula is C57H103NO5. The maximum absolute atomic E-state index is 13.2. The minimum atomic E-state index is -0.801. The zero-order valence-corrected chi connectivity index (χ0v) is 41.7. The van der Waals surface area contributed by atoms with Crippen LogP contribution in [0.5, 0.6) is 0 Å². The van der Waals surface area contributed by atoms with E-state index in [1.807, 2.05) is 0 Å². The lowest BCUT2D eigenvalue weighted by Gasteiger charge is -2.24. The van der Waals surface area contributed by atoms with Crippen molar-refractivity contribution < 1.29 is 24.5 Å². The van der Waals surface area contributed by atoms with Gasteiger partial charge in [0, 0.05) is 6.42 Å². The van der Waals surface area contributed by atoms with Gasteiger partial charge in [-0.15, -0.1) is 0 Å². The number of hydrogen-bond donors (Lipinski definition) is 3. The Labute approximate surface area is 390 Å². The van der Waals surface area contributed by atoms with E-state index in [0.29, 0.717) is 19.3 Å². The zero-order chi connectivity index (χ0) is 45.9. The van der Waals surface area contributed by atoms with Crippen molar-refractivity contribution in [3.05, 3.63) is 60.8 Å². The maximum Gasteiger partial charge on any atom is 0.306 e. The van der Waals surface area contributed by atoms with Crippen LogP contribution in [-0.2, 0) is 14.3 Å². The molecule has 0 aliphatic rings. The van der Waals surface area contributed by atoms with Gasteiger partial charge in [0.25, 0.3) is 0 Å². The van der Waals surface area contributed by atoms with E-state index in [1.54, 1.807) is 0 Å². The third kappa shape index (κ3) is 45.9. The van der Waals surface area contributed by atoms with Crippen molar-refractivity contribution in [1.82, 2.24) is 5.32 Å². The minimum absolute atomic E-state index is 0.0478. The van der Waals surface area contributed by atoms with E-state index in [4.69, 9.17) is 4.74 Å². The molecule has 6 nitrogen and oxygen atoms in total. The fourth-order valence-corrected chi connectivity index (χ4v) is 8.00. The summed E-state index contributed by atoms with van der Waals surface area (Å²) < 4.78 is 5.92. The first kappa shape index (κ1) is 60.6. The number of carbonyl (C=O) groups is 2. The van der Waals surface area contributed by atoms with Crippen LogP contribution >= 0.6 is 0 Å². The molecule has 0 spiro atoms. The predicted octanol–water partition coefficient (Wildman–Crippen LogP) is 16.4. The highest BCUT2D eigenvalue weighted by atomic mass is 16.5. The lowest BCUT2D eigenvalue weighted by atomic mass is 10.0. The van der Waals surface area contributed by atoms with Gasteiger partial charge >= 0.3 is 5.97 Å². The Morgan fingerprint density at radius 3 is 1.35 bits per heavy atom. The fraction of sp³-hybridized carbons (Fsp3) is 0.789. The van der Waals surface area contributed by atoms with Crippen LogP contribution in [0.4, 0.5) is 0 Å². The number of nitrogens with one attached hydrogen (secondary N) is 1. The zero-order valence-electron chi connectivity index (χ0n) is 41.7. The molecular weight excluding hydrogens is 779 g/mol. The molecule has 0 saturated heterocycles. The largest absolute Gasteiger partial charge is 0.462 e. The number of allylic oxidation sites excluding steroid dienone is 10. The number of hydrogen-bond acceptors (Lipinski definition) is 5. The molecule has 3 atom stereocenters. The van der Waals surface area contributed by atoms with Gasteiger partial charge in [-0.25, -0.2) is 0 Å². The summed E-state index contributed by atoms with van der Waals surface area (Å²) in [5.74, 6) is -0.517. The normalized spacial score (nSPS) is 13.7. The molecule has 0 rings (SSSR count). The number of esters is 1. The van der Waals surface area contributed by atoms with E-state index in [0.717, 1.165) is 89.9 Å². The number of amides is 1. The van der Waals surface area contributed by atoms with Crippen LogP contribution in [0.1, 0.15) is 265 Å². The molecule has 0 aliphatic heterocycles. The van der Waals surface area contributed by atoms with Crippen LogP contribution in [0.25, 0.3) is 0 Å². The Hall–Kier alpha value is -2.44. The first-order chi connectivity index (χ1) is 31.0. The second kappa shape index (κ2) is 50.6. The fourth-order valence-electron chi connectivity index (χ4n) is 8.00. The van der Waals surface area contributed by atoms with Crippen LogP contribution in [0.15, 0.2) is 60.8 Å². The van der Waals surface area contributed by atoms with E-state index in [2.05, 4.69) is 86.8 Å². The molecule has 0 radical (unpaired) electrons. The number of unbranched alkanes of at least 4 members (excludes halogenated alkanes) is 26. The van der Waals surface area contributed by atoms with Gasteiger partial charge in [-0.2, -0.15) is 0 Å². The van der Waals surface area contributed by atoms with E-state index in [1.165, 1.54) is 128 Å². The molecule has 6 heteroatoms. The van der Waals surface area contributed by atoms with Crippen LogP contribution in [-0.4, -0.2) is 46.9 Å². The number of carbonyl (C=O) groups excluding carboxylic acids is 2. The number of rotatable bonds is 48. The first-order valence-corrected chi connectivity index (χ1v) is 27.0. The van der Waals surface area contributed by atoms with Crippen LogP contribution in [0.2, 0.25) is 0 Å². The quantitative estimate of drug-likeness (QED) is 0.0321. The lowest BCUT2D eigenvalue weighted by Crippen LogP contribution is -2.46. The highest BCUT2D eigenvalue weighted by Crippen LogP contribution is 2.17. The van der Waals surface area contributed by atoms with Crippen LogP contribution < -0.4 is 5.32 Å². The van der Waals surface area contributed by atoms with Crippen molar-refractivity contribution in [2.75, 3.05) is 6.61 Å². The van der Waals surface area contributed by atoms with Crippen molar-refractivity contribution in [2.45, 2.75) is 283 Å². The summed E-state index contributed by atoms with van der Waals surface area (Å²) in [6.45, 7) is 6.35. The number of ether oxygens (including phenoxy) is 1.